The van der Waals surface area contributed by atoms with Gasteiger partial charge in [-0.3, -0.25) is 9.59 Å². The Morgan fingerprint density at radius 2 is 1.85 bits per heavy atom. The molecule has 6 heteroatoms. The van der Waals surface area contributed by atoms with Gasteiger partial charge in [0.1, 0.15) is 0 Å². The van der Waals surface area contributed by atoms with Crippen molar-refractivity contribution in [2.45, 2.75) is 51.0 Å². The van der Waals surface area contributed by atoms with Crippen LogP contribution in [0.25, 0.3) is 0 Å². The van der Waals surface area contributed by atoms with Crippen molar-refractivity contribution in [3.63, 3.8) is 0 Å². The molecule has 2 saturated heterocycles. The molecule has 2 heterocycles. The number of nitrogens with one attached hydrogen (secondary N) is 2. The molecule has 0 bridgehead atoms. The zero-order valence-corrected chi connectivity index (χ0v) is 12.8. The lowest BCUT2D eigenvalue weighted by atomic mass is 10.1. The maximum absolute atomic E-state index is 12.4. The van der Waals surface area contributed by atoms with Gasteiger partial charge in [-0.2, -0.15) is 0 Å². The Morgan fingerprint density at radius 1 is 1.05 bits per heavy atom. The molecule has 2 aliphatic rings. The van der Waals surface area contributed by atoms with Crippen LogP contribution < -0.4 is 10.6 Å². The lowest BCUT2D eigenvalue weighted by Gasteiger charge is -2.25. The van der Waals surface area contributed by atoms with Gasteiger partial charge < -0.3 is 15.5 Å². The second-order valence-corrected chi connectivity index (χ2v) is 5.49. The Hall–Kier alpha value is -0.810. The summed E-state index contributed by atoms with van der Waals surface area (Å²) in [6, 6.07) is -0.0202. The van der Waals surface area contributed by atoms with E-state index >= 15 is 0 Å². The Kier molecular flexibility index (Phi) is 7.92. The molecule has 2 amide bonds. The molecule has 0 unspecified atom stereocenters. The fraction of sp³-hybridized carbons (Fsp3) is 0.857. The number of hydrogen-bond donors (Lipinski definition) is 2. The molecular formula is C14H26ClN3O2. The summed E-state index contributed by atoms with van der Waals surface area (Å²) in [5.41, 5.74) is 0. The van der Waals surface area contributed by atoms with Crippen LogP contribution in [0.4, 0.5) is 0 Å². The first-order valence-corrected chi connectivity index (χ1v) is 7.56. The summed E-state index contributed by atoms with van der Waals surface area (Å²) in [6.45, 7) is 3.06. The number of carbonyl (C=O) groups is 2. The Bertz CT molecular complexity index is 320. The number of nitrogens with zero attached hydrogens (tertiary/aromatic N) is 1. The van der Waals surface area contributed by atoms with E-state index in [-0.39, 0.29) is 30.3 Å². The van der Waals surface area contributed by atoms with Gasteiger partial charge in [-0.25, -0.2) is 0 Å². The number of carbonyl (C=O) groups excluding carboxylic acids is 2. The molecule has 2 aliphatic heterocycles. The summed E-state index contributed by atoms with van der Waals surface area (Å²) in [4.78, 5) is 25.9. The molecule has 5 nitrogen and oxygen atoms in total. The molecule has 2 fully saturated rings. The van der Waals surface area contributed by atoms with Gasteiger partial charge in [-0.15, -0.1) is 12.4 Å². The highest BCUT2D eigenvalue weighted by molar-refractivity contribution is 5.85. The van der Waals surface area contributed by atoms with E-state index in [2.05, 4.69) is 10.6 Å². The van der Waals surface area contributed by atoms with Crippen molar-refractivity contribution < 1.29 is 9.59 Å². The summed E-state index contributed by atoms with van der Waals surface area (Å²) in [5, 5.41) is 6.17. The van der Waals surface area contributed by atoms with Crippen LogP contribution in [0, 0.1) is 0 Å². The van der Waals surface area contributed by atoms with Crippen molar-refractivity contribution in [3.8, 4) is 0 Å². The molecule has 0 radical (unpaired) electrons. The lowest BCUT2D eigenvalue weighted by molar-refractivity contribution is -0.133. The fourth-order valence-corrected chi connectivity index (χ4v) is 2.78. The van der Waals surface area contributed by atoms with Gasteiger partial charge in [-0.1, -0.05) is 12.8 Å². The molecule has 1 atom stereocenters. The molecule has 0 aromatic rings. The minimum Gasteiger partial charge on any atom is -0.356 e. The predicted molar refractivity (Wildman–Crippen MR) is 80.9 cm³/mol. The van der Waals surface area contributed by atoms with Crippen LogP contribution in [0.2, 0.25) is 0 Å². The number of amides is 2. The number of hydrogen-bond acceptors (Lipinski definition) is 3. The Morgan fingerprint density at radius 3 is 2.60 bits per heavy atom. The van der Waals surface area contributed by atoms with Crippen LogP contribution in [0.1, 0.15) is 44.9 Å². The highest BCUT2D eigenvalue weighted by Gasteiger charge is 2.26. The summed E-state index contributed by atoms with van der Waals surface area (Å²) in [5.74, 6) is 0.253. The first-order valence-electron chi connectivity index (χ1n) is 7.56. The standard InChI is InChI=1S/C14H25N3O2.ClH/c18-13-7-11-17(10-4-2-1-3-8-16-13)14(19)12-6-5-9-15-12;/h12,15H,1-11H2,(H,16,18);1H/t12-;/m0./s1. The zero-order valence-electron chi connectivity index (χ0n) is 12.0. The first kappa shape index (κ1) is 17.2. The molecule has 2 rings (SSSR count). The maximum atomic E-state index is 12.4. The lowest BCUT2D eigenvalue weighted by Crippen LogP contribution is -2.45. The largest absolute Gasteiger partial charge is 0.356 e. The molecular weight excluding hydrogens is 278 g/mol. The molecule has 20 heavy (non-hydrogen) atoms. The summed E-state index contributed by atoms with van der Waals surface area (Å²) in [7, 11) is 0. The average Bonchev–Trinajstić information content (AvgIpc) is 2.92. The molecule has 0 aliphatic carbocycles. The topological polar surface area (TPSA) is 61.4 Å². The number of halogens is 1. The van der Waals surface area contributed by atoms with Crippen molar-refractivity contribution in [2.75, 3.05) is 26.2 Å². The summed E-state index contributed by atoms with van der Waals surface area (Å²) < 4.78 is 0. The highest BCUT2D eigenvalue weighted by atomic mass is 35.5. The average molecular weight is 304 g/mol. The third-order valence-corrected chi connectivity index (χ3v) is 3.96. The second kappa shape index (κ2) is 9.19. The minimum absolute atomic E-state index is 0. The van der Waals surface area contributed by atoms with Crippen LogP contribution in [-0.2, 0) is 9.59 Å². The zero-order chi connectivity index (χ0) is 13.5. The Balaban J connectivity index is 0.00000200. The van der Waals surface area contributed by atoms with Crippen molar-refractivity contribution in [1.29, 1.82) is 0 Å². The van der Waals surface area contributed by atoms with Crippen LogP contribution in [0.15, 0.2) is 0 Å². The summed E-state index contributed by atoms with van der Waals surface area (Å²) >= 11 is 0. The van der Waals surface area contributed by atoms with E-state index in [9.17, 15) is 9.59 Å². The third-order valence-electron chi connectivity index (χ3n) is 3.96. The van der Waals surface area contributed by atoms with Crippen LogP contribution >= 0.6 is 12.4 Å². The molecule has 0 aromatic heterocycles. The van der Waals surface area contributed by atoms with Gasteiger partial charge in [0.15, 0.2) is 0 Å². The van der Waals surface area contributed by atoms with Crippen molar-refractivity contribution >= 4 is 24.2 Å². The van der Waals surface area contributed by atoms with Crippen molar-refractivity contribution in [3.05, 3.63) is 0 Å². The van der Waals surface area contributed by atoms with Gasteiger partial charge in [0.05, 0.1) is 6.04 Å². The molecule has 0 saturated carbocycles. The van der Waals surface area contributed by atoms with Crippen molar-refractivity contribution in [2.24, 2.45) is 0 Å². The van der Waals surface area contributed by atoms with Gasteiger partial charge in [0.2, 0.25) is 11.8 Å². The van der Waals surface area contributed by atoms with E-state index < -0.39 is 0 Å². The summed E-state index contributed by atoms with van der Waals surface area (Å²) in [6.07, 6.45) is 6.79. The van der Waals surface area contributed by atoms with Gasteiger partial charge in [0.25, 0.3) is 0 Å². The van der Waals surface area contributed by atoms with Crippen LogP contribution in [-0.4, -0.2) is 48.9 Å². The minimum atomic E-state index is -0.0202. The van der Waals surface area contributed by atoms with E-state index in [4.69, 9.17) is 0 Å². The van der Waals surface area contributed by atoms with Gasteiger partial charge >= 0.3 is 0 Å². The van der Waals surface area contributed by atoms with E-state index in [1.807, 2.05) is 4.90 Å². The van der Waals surface area contributed by atoms with Gasteiger partial charge in [0, 0.05) is 26.1 Å². The first-order chi connectivity index (χ1) is 9.27. The molecule has 0 spiro atoms. The van der Waals surface area contributed by atoms with Crippen LogP contribution in [0.5, 0.6) is 0 Å². The maximum Gasteiger partial charge on any atom is 0.239 e. The van der Waals surface area contributed by atoms with E-state index in [1.165, 1.54) is 0 Å². The van der Waals surface area contributed by atoms with Gasteiger partial charge in [-0.05, 0) is 32.2 Å². The van der Waals surface area contributed by atoms with E-state index in [0.717, 1.165) is 58.2 Å². The quantitative estimate of drug-likeness (QED) is 0.762. The predicted octanol–water partition coefficient (Wildman–Crippen LogP) is 1.07. The SMILES string of the molecule is Cl.O=C1CCN(C(=O)[C@@H]2CCCN2)CCCCCCN1. The third kappa shape index (κ3) is 5.29. The molecule has 0 aromatic carbocycles. The second-order valence-electron chi connectivity index (χ2n) is 5.49. The monoisotopic (exact) mass is 303 g/mol. The van der Waals surface area contributed by atoms with Crippen LogP contribution in [0.3, 0.4) is 0 Å². The van der Waals surface area contributed by atoms with E-state index in [1.54, 1.807) is 0 Å². The normalized spacial score (nSPS) is 25.3. The van der Waals surface area contributed by atoms with E-state index in [0.29, 0.717) is 13.0 Å². The Labute approximate surface area is 127 Å². The molecule has 116 valence electrons. The van der Waals surface area contributed by atoms with Crippen molar-refractivity contribution in [1.82, 2.24) is 15.5 Å². The molecule has 2 N–H and O–H groups in total. The smallest absolute Gasteiger partial charge is 0.239 e. The fourth-order valence-electron chi connectivity index (χ4n) is 2.78. The highest BCUT2D eigenvalue weighted by Crippen LogP contribution is 2.11. The number of rotatable bonds is 1.